The van der Waals surface area contributed by atoms with Crippen LogP contribution in [0.25, 0.3) is 11.0 Å². The number of carbonyl (C=O) groups is 2. The lowest BCUT2D eigenvalue weighted by atomic mass is 10.2. The second-order valence-electron chi connectivity index (χ2n) is 4.04. The van der Waals surface area contributed by atoms with E-state index in [1.54, 1.807) is 24.3 Å². The number of nitrogens with one attached hydrogen (secondary N) is 1. The predicted octanol–water partition coefficient (Wildman–Crippen LogP) is 2.08. The first-order chi connectivity index (χ1) is 10.2. The summed E-state index contributed by atoms with van der Waals surface area (Å²) >= 11 is 1.06. The van der Waals surface area contributed by atoms with Gasteiger partial charge in [0, 0.05) is 0 Å². The van der Waals surface area contributed by atoms with E-state index in [0.717, 1.165) is 11.7 Å². The number of furan rings is 1. The van der Waals surface area contributed by atoms with Crippen LogP contribution in [-0.4, -0.2) is 27.2 Å². The molecular formula is C13H9N3O4S. The largest absolute Gasteiger partial charge is 0.457 e. The maximum Gasteiger partial charge on any atom is 0.374 e. The highest BCUT2D eigenvalue weighted by molar-refractivity contribution is 7.00. The fourth-order valence-electron chi connectivity index (χ4n) is 1.69. The van der Waals surface area contributed by atoms with Crippen molar-refractivity contribution in [3.63, 3.8) is 0 Å². The molecule has 0 atom stereocenters. The van der Waals surface area contributed by atoms with Crippen LogP contribution in [0.5, 0.6) is 0 Å². The van der Waals surface area contributed by atoms with Crippen LogP contribution < -0.4 is 5.32 Å². The lowest BCUT2D eigenvalue weighted by molar-refractivity contribution is -0.119. The van der Waals surface area contributed by atoms with Gasteiger partial charge in [-0.1, -0.05) is 6.07 Å². The molecule has 1 N–H and O–H groups in total. The zero-order valence-electron chi connectivity index (χ0n) is 10.6. The van der Waals surface area contributed by atoms with Crippen molar-refractivity contribution < 1.29 is 18.7 Å². The molecule has 0 spiro atoms. The fraction of sp³-hybridized carbons (Fsp3) is 0.0769. The van der Waals surface area contributed by atoms with Crippen molar-refractivity contribution in [1.29, 1.82) is 0 Å². The van der Waals surface area contributed by atoms with Gasteiger partial charge in [0.05, 0.1) is 23.7 Å². The summed E-state index contributed by atoms with van der Waals surface area (Å²) < 4.78 is 17.9. The van der Waals surface area contributed by atoms with Gasteiger partial charge < -0.3 is 14.5 Å². The number of esters is 1. The Morgan fingerprint density at radius 1 is 1.24 bits per heavy atom. The van der Waals surface area contributed by atoms with Gasteiger partial charge in [0.25, 0.3) is 5.91 Å². The van der Waals surface area contributed by atoms with Gasteiger partial charge in [-0.25, -0.2) is 4.79 Å². The van der Waals surface area contributed by atoms with Crippen molar-refractivity contribution in [1.82, 2.24) is 8.75 Å². The van der Waals surface area contributed by atoms with E-state index in [2.05, 4.69) is 14.1 Å². The quantitative estimate of drug-likeness (QED) is 0.741. The SMILES string of the molecule is O=C(COC(=O)c1ccco1)Nc1cccc2nsnc12. The molecule has 0 saturated heterocycles. The number of hydrogen-bond acceptors (Lipinski definition) is 7. The molecule has 3 rings (SSSR count). The molecule has 0 aliphatic heterocycles. The summed E-state index contributed by atoms with van der Waals surface area (Å²) in [5, 5.41) is 2.63. The zero-order chi connectivity index (χ0) is 14.7. The third-order valence-electron chi connectivity index (χ3n) is 2.62. The monoisotopic (exact) mass is 303 g/mol. The maximum atomic E-state index is 11.8. The Labute approximate surface area is 122 Å². The number of nitrogens with zero attached hydrogens (tertiary/aromatic N) is 2. The van der Waals surface area contributed by atoms with E-state index in [1.807, 2.05) is 0 Å². The topological polar surface area (TPSA) is 94.3 Å². The smallest absolute Gasteiger partial charge is 0.374 e. The molecule has 1 amide bonds. The Kier molecular flexibility index (Phi) is 3.61. The number of rotatable bonds is 4. The minimum atomic E-state index is -0.691. The Morgan fingerprint density at radius 2 is 2.14 bits per heavy atom. The first-order valence-corrected chi connectivity index (χ1v) is 6.69. The van der Waals surface area contributed by atoms with E-state index in [-0.39, 0.29) is 5.76 Å². The van der Waals surface area contributed by atoms with E-state index in [0.29, 0.717) is 16.7 Å². The van der Waals surface area contributed by atoms with Crippen LogP contribution in [0.4, 0.5) is 5.69 Å². The minimum absolute atomic E-state index is 0.0496. The van der Waals surface area contributed by atoms with Crippen LogP contribution in [-0.2, 0) is 9.53 Å². The molecule has 7 nitrogen and oxygen atoms in total. The highest BCUT2D eigenvalue weighted by Gasteiger charge is 2.13. The number of aromatic nitrogens is 2. The average Bonchev–Trinajstić information content (AvgIpc) is 3.16. The molecule has 0 fully saturated rings. The molecule has 8 heteroatoms. The summed E-state index contributed by atoms with van der Waals surface area (Å²) in [7, 11) is 0. The van der Waals surface area contributed by atoms with Gasteiger partial charge in [-0.2, -0.15) is 8.75 Å². The van der Waals surface area contributed by atoms with Crippen molar-refractivity contribution >= 4 is 40.3 Å². The van der Waals surface area contributed by atoms with Gasteiger partial charge in [0.2, 0.25) is 5.76 Å². The molecule has 0 unspecified atom stereocenters. The molecule has 0 saturated carbocycles. The van der Waals surface area contributed by atoms with E-state index in [1.165, 1.54) is 12.3 Å². The summed E-state index contributed by atoms with van der Waals surface area (Å²) in [5.74, 6) is -1.10. The first kappa shape index (κ1) is 13.3. The predicted molar refractivity (Wildman–Crippen MR) is 75.0 cm³/mol. The molecule has 0 radical (unpaired) electrons. The van der Waals surface area contributed by atoms with Gasteiger partial charge in [0.15, 0.2) is 6.61 Å². The van der Waals surface area contributed by atoms with E-state index in [9.17, 15) is 9.59 Å². The minimum Gasteiger partial charge on any atom is -0.457 e. The van der Waals surface area contributed by atoms with Crippen LogP contribution in [0.3, 0.4) is 0 Å². The number of carbonyl (C=O) groups excluding carboxylic acids is 2. The standard InChI is InChI=1S/C13H9N3O4S/c17-11(7-20-13(18)10-5-2-6-19-10)14-8-3-1-4-9-12(8)16-21-15-9/h1-6H,7H2,(H,14,17). The Morgan fingerprint density at radius 3 is 2.95 bits per heavy atom. The van der Waals surface area contributed by atoms with Gasteiger partial charge in [0.1, 0.15) is 11.0 Å². The maximum absolute atomic E-state index is 11.8. The summed E-state index contributed by atoms with van der Waals surface area (Å²) in [4.78, 5) is 23.3. The van der Waals surface area contributed by atoms with Crippen molar-refractivity contribution in [2.45, 2.75) is 0 Å². The number of amides is 1. The molecule has 2 aromatic heterocycles. The molecule has 106 valence electrons. The van der Waals surface area contributed by atoms with Crippen molar-refractivity contribution in [2.75, 3.05) is 11.9 Å². The van der Waals surface area contributed by atoms with Gasteiger partial charge in [-0.3, -0.25) is 4.79 Å². The second-order valence-corrected chi connectivity index (χ2v) is 4.57. The van der Waals surface area contributed by atoms with Crippen LogP contribution in [0.2, 0.25) is 0 Å². The number of hydrogen-bond donors (Lipinski definition) is 1. The number of anilines is 1. The highest BCUT2D eigenvalue weighted by atomic mass is 32.1. The van der Waals surface area contributed by atoms with Crippen LogP contribution in [0.15, 0.2) is 41.0 Å². The van der Waals surface area contributed by atoms with E-state index < -0.39 is 18.5 Å². The number of ether oxygens (including phenoxy) is 1. The number of benzene rings is 1. The van der Waals surface area contributed by atoms with E-state index in [4.69, 9.17) is 9.15 Å². The third-order valence-corrected chi connectivity index (χ3v) is 3.16. The molecule has 0 aliphatic carbocycles. The Hall–Kier alpha value is -2.74. The molecule has 21 heavy (non-hydrogen) atoms. The summed E-state index contributed by atoms with van der Waals surface area (Å²) in [5.41, 5.74) is 1.83. The molecule has 3 aromatic rings. The van der Waals surface area contributed by atoms with Crippen molar-refractivity contribution in [3.8, 4) is 0 Å². The third kappa shape index (κ3) is 2.90. The van der Waals surface area contributed by atoms with Gasteiger partial charge >= 0.3 is 5.97 Å². The lowest BCUT2D eigenvalue weighted by Crippen LogP contribution is -2.20. The zero-order valence-corrected chi connectivity index (χ0v) is 11.4. The van der Waals surface area contributed by atoms with Crippen LogP contribution in [0.1, 0.15) is 10.6 Å². The molecular weight excluding hydrogens is 294 g/mol. The van der Waals surface area contributed by atoms with Gasteiger partial charge in [-0.15, -0.1) is 0 Å². The fourth-order valence-corrected chi connectivity index (χ4v) is 2.24. The normalized spacial score (nSPS) is 10.5. The van der Waals surface area contributed by atoms with Crippen molar-refractivity contribution in [2.24, 2.45) is 0 Å². The van der Waals surface area contributed by atoms with E-state index >= 15 is 0 Å². The van der Waals surface area contributed by atoms with Gasteiger partial charge in [-0.05, 0) is 24.3 Å². The number of fused-ring (bicyclic) bond motifs is 1. The average molecular weight is 303 g/mol. The summed E-state index contributed by atoms with van der Waals surface area (Å²) in [6.07, 6.45) is 1.35. The molecule has 0 bridgehead atoms. The van der Waals surface area contributed by atoms with Crippen LogP contribution >= 0.6 is 11.7 Å². The summed E-state index contributed by atoms with van der Waals surface area (Å²) in [6.45, 7) is -0.409. The Bertz CT molecular complexity index is 782. The highest BCUT2D eigenvalue weighted by Crippen LogP contribution is 2.20. The molecule has 1 aromatic carbocycles. The molecule has 0 aliphatic rings. The van der Waals surface area contributed by atoms with Crippen molar-refractivity contribution in [3.05, 3.63) is 42.4 Å². The van der Waals surface area contributed by atoms with Crippen LogP contribution in [0, 0.1) is 0 Å². The lowest BCUT2D eigenvalue weighted by Gasteiger charge is -2.05. The first-order valence-electron chi connectivity index (χ1n) is 5.96. The second kappa shape index (κ2) is 5.71. The molecule has 2 heterocycles. The summed E-state index contributed by atoms with van der Waals surface area (Å²) in [6, 6.07) is 8.28. The Balaban J connectivity index is 1.62.